The second-order valence-electron chi connectivity index (χ2n) is 3.95. The van der Waals surface area contributed by atoms with E-state index in [0.29, 0.717) is 16.0 Å². The van der Waals surface area contributed by atoms with Crippen molar-refractivity contribution in [1.29, 1.82) is 0 Å². The van der Waals surface area contributed by atoms with Crippen molar-refractivity contribution in [3.05, 3.63) is 56.4 Å². The summed E-state index contributed by atoms with van der Waals surface area (Å²) in [4.78, 5) is 27.8. The summed E-state index contributed by atoms with van der Waals surface area (Å²) in [6.07, 6.45) is 0. The van der Waals surface area contributed by atoms with E-state index in [1.165, 1.54) is 35.9 Å². The Morgan fingerprint density at radius 3 is 2.50 bits per heavy atom. The molecule has 0 spiro atoms. The second-order valence-corrected chi connectivity index (χ2v) is 4.70. The number of carbonyl (C=O) groups is 1. The van der Waals surface area contributed by atoms with Crippen LogP contribution in [0.3, 0.4) is 0 Å². The number of methoxy groups -OCH3 is 1. The van der Waals surface area contributed by atoms with Crippen LogP contribution in [0.4, 0.5) is 4.39 Å². The van der Waals surface area contributed by atoms with Gasteiger partial charge in [-0.1, -0.05) is 0 Å². The molecule has 0 amide bonds. The van der Waals surface area contributed by atoms with Gasteiger partial charge in [0.05, 0.1) is 12.8 Å². The van der Waals surface area contributed by atoms with Crippen molar-refractivity contribution in [3.8, 4) is 5.69 Å². The first-order valence-corrected chi connectivity index (χ1v) is 6.38. The smallest absolute Gasteiger partial charge is 0.362 e. The van der Waals surface area contributed by atoms with Gasteiger partial charge >= 0.3 is 5.97 Å². The van der Waals surface area contributed by atoms with Gasteiger partial charge in [-0.3, -0.25) is 9.36 Å². The van der Waals surface area contributed by atoms with Gasteiger partial charge in [0.15, 0.2) is 0 Å². The van der Waals surface area contributed by atoms with E-state index >= 15 is 0 Å². The molecule has 0 radical (unpaired) electrons. The molecule has 0 aliphatic carbocycles. The molecule has 104 valence electrons. The van der Waals surface area contributed by atoms with Crippen LogP contribution in [0.1, 0.15) is 16.2 Å². The Hall–Kier alpha value is -2.02. The van der Waals surface area contributed by atoms with Crippen molar-refractivity contribution in [2.24, 2.45) is 0 Å². The quantitative estimate of drug-likeness (QED) is 0.786. The fourth-order valence-corrected chi connectivity index (χ4v) is 2.06. The molecule has 0 bridgehead atoms. The zero-order chi connectivity index (χ0) is 14.9. The molecule has 0 N–H and O–H groups in total. The highest BCUT2D eigenvalue weighted by molar-refractivity contribution is 9.10. The van der Waals surface area contributed by atoms with Gasteiger partial charge in [0, 0.05) is 5.69 Å². The number of hydrogen-bond donors (Lipinski definition) is 0. The molecule has 20 heavy (non-hydrogen) atoms. The number of esters is 1. The van der Waals surface area contributed by atoms with Gasteiger partial charge in [0.1, 0.15) is 10.4 Å². The molecule has 0 saturated carbocycles. The minimum Gasteiger partial charge on any atom is -0.464 e. The number of ether oxygens (including phenoxy) is 1. The summed E-state index contributed by atoms with van der Waals surface area (Å²) in [5, 5.41) is 0. The van der Waals surface area contributed by atoms with Crippen molar-refractivity contribution >= 4 is 21.9 Å². The lowest BCUT2D eigenvalue weighted by Gasteiger charge is -2.12. The van der Waals surface area contributed by atoms with Crippen molar-refractivity contribution in [2.75, 3.05) is 7.11 Å². The molecule has 0 aliphatic heterocycles. The Kier molecular flexibility index (Phi) is 3.99. The first kappa shape index (κ1) is 14.4. The summed E-state index contributed by atoms with van der Waals surface area (Å²) in [7, 11) is 1.17. The third-order valence-electron chi connectivity index (χ3n) is 2.71. The second kappa shape index (κ2) is 5.54. The monoisotopic (exact) mass is 340 g/mol. The number of benzene rings is 1. The Balaban J connectivity index is 2.75. The summed E-state index contributed by atoms with van der Waals surface area (Å²) in [6.45, 7) is 1.66. The molecule has 1 aromatic carbocycles. The van der Waals surface area contributed by atoms with E-state index in [1.807, 2.05) is 0 Å². The van der Waals surface area contributed by atoms with Gasteiger partial charge < -0.3 is 4.74 Å². The molecule has 0 fully saturated rings. The highest BCUT2D eigenvalue weighted by atomic mass is 79.9. The maximum absolute atomic E-state index is 13.0. The summed E-state index contributed by atoms with van der Waals surface area (Å²) < 4.78 is 19.1. The van der Waals surface area contributed by atoms with Crippen LogP contribution in [0, 0.1) is 12.7 Å². The molecule has 1 heterocycles. The maximum Gasteiger partial charge on any atom is 0.362 e. The van der Waals surface area contributed by atoms with Crippen molar-refractivity contribution in [1.82, 2.24) is 9.55 Å². The molecule has 0 saturated heterocycles. The fraction of sp³-hybridized carbons (Fsp3) is 0.154. The molecule has 2 aromatic rings. The van der Waals surface area contributed by atoms with Crippen molar-refractivity contribution in [3.63, 3.8) is 0 Å². The van der Waals surface area contributed by atoms with Gasteiger partial charge in [-0.2, -0.15) is 0 Å². The van der Waals surface area contributed by atoms with Crippen LogP contribution in [-0.4, -0.2) is 22.6 Å². The number of carbonyl (C=O) groups excluding carboxylic acids is 1. The third-order valence-corrected chi connectivity index (χ3v) is 3.46. The number of hydrogen-bond acceptors (Lipinski definition) is 4. The normalized spacial score (nSPS) is 10.4. The molecule has 0 aliphatic rings. The van der Waals surface area contributed by atoms with Crippen LogP contribution in [0.5, 0.6) is 0 Å². The van der Waals surface area contributed by atoms with Crippen LogP contribution in [0.25, 0.3) is 5.69 Å². The highest BCUT2D eigenvalue weighted by Crippen LogP contribution is 2.16. The Morgan fingerprint density at radius 2 is 1.95 bits per heavy atom. The SMILES string of the molecule is COC(=O)c1nc(Br)c(C)n(-c2ccc(F)cc2)c1=O. The predicted molar refractivity (Wildman–Crippen MR) is 73.6 cm³/mol. The molecular formula is C13H10BrFN2O3. The minimum absolute atomic E-state index is 0.335. The van der Waals surface area contributed by atoms with E-state index in [0.717, 1.165) is 0 Å². The van der Waals surface area contributed by atoms with E-state index in [4.69, 9.17) is 0 Å². The standard InChI is InChI=1S/C13H10BrFN2O3/c1-7-11(14)16-10(13(19)20-2)12(18)17(7)9-5-3-8(15)4-6-9/h3-6H,1-2H3. The van der Waals surface area contributed by atoms with E-state index in [1.54, 1.807) is 6.92 Å². The summed E-state index contributed by atoms with van der Waals surface area (Å²) in [5.74, 6) is -1.24. The lowest BCUT2D eigenvalue weighted by molar-refractivity contribution is 0.0591. The maximum atomic E-state index is 13.0. The Morgan fingerprint density at radius 1 is 1.35 bits per heavy atom. The van der Waals surface area contributed by atoms with E-state index in [9.17, 15) is 14.0 Å². The van der Waals surface area contributed by atoms with E-state index in [2.05, 4.69) is 25.7 Å². The van der Waals surface area contributed by atoms with Crippen molar-refractivity contribution < 1.29 is 13.9 Å². The number of rotatable bonds is 2. The average Bonchev–Trinajstić information content (AvgIpc) is 2.44. The molecule has 2 rings (SSSR count). The molecule has 1 aromatic heterocycles. The summed E-state index contributed by atoms with van der Waals surface area (Å²) >= 11 is 3.19. The van der Waals surface area contributed by atoms with Gasteiger partial charge in [-0.15, -0.1) is 0 Å². The van der Waals surface area contributed by atoms with Crippen LogP contribution < -0.4 is 5.56 Å². The molecular weight excluding hydrogens is 331 g/mol. The minimum atomic E-state index is -0.827. The average molecular weight is 341 g/mol. The molecule has 7 heteroatoms. The van der Waals surface area contributed by atoms with Crippen LogP contribution >= 0.6 is 15.9 Å². The fourth-order valence-electron chi connectivity index (χ4n) is 1.71. The van der Waals surface area contributed by atoms with E-state index < -0.39 is 17.3 Å². The first-order chi connectivity index (χ1) is 9.45. The highest BCUT2D eigenvalue weighted by Gasteiger charge is 2.19. The van der Waals surface area contributed by atoms with Crippen LogP contribution in [-0.2, 0) is 4.74 Å². The number of aromatic nitrogens is 2. The summed E-state index contributed by atoms with van der Waals surface area (Å²) in [5.41, 5.74) is -0.0325. The molecule has 5 nitrogen and oxygen atoms in total. The largest absolute Gasteiger partial charge is 0.464 e. The molecule has 0 atom stereocenters. The van der Waals surface area contributed by atoms with E-state index in [-0.39, 0.29) is 5.69 Å². The van der Waals surface area contributed by atoms with Crippen LogP contribution in [0.2, 0.25) is 0 Å². The Labute approximate surface area is 122 Å². The van der Waals surface area contributed by atoms with Gasteiger partial charge in [0.25, 0.3) is 5.56 Å². The lowest BCUT2D eigenvalue weighted by Crippen LogP contribution is -2.29. The Bertz CT molecular complexity index is 726. The predicted octanol–water partition coefficient (Wildman–Crippen LogP) is 2.23. The molecule has 0 unspecified atom stereocenters. The first-order valence-electron chi connectivity index (χ1n) is 5.59. The van der Waals surface area contributed by atoms with Crippen LogP contribution in [0.15, 0.2) is 33.7 Å². The van der Waals surface area contributed by atoms with Gasteiger partial charge in [0.2, 0.25) is 5.69 Å². The van der Waals surface area contributed by atoms with Gasteiger partial charge in [-0.05, 0) is 47.1 Å². The zero-order valence-electron chi connectivity index (χ0n) is 10.7. The number of nitrogens with zero attached hydrogens (tertiary/aromatic N) is 2. The lowest BCUT2D eigenvalue weighted by atomic mass is 10.3. The van der Waals surface area contributed by atoms with Gasteiger partial charge in [-0.25, -0.2) is 14.2 Å². The zero-order valence-corrected chi connectivity index (χ0v) is 12.3. The third kappa shape index (κ3) is 2.49. The number of halogens is 2. The van der Waals surface area contributed by atoms with Crippen molar-refractivity contribution in [2.45, 2.75) is 6.92 Å². The summed E-state index contributed by atoms with van der Waals surface area (Å²) in [6, 6.07) is 5.34. The topological polar surface area (TPSA) is 61.2 Å².